The molecule has 0 amide bonds. The largest absolute Gasteiger partial charge is 0.525 e. The van der Waals surface area contributed by atoms with E-state index >= 15 is 0 Å². The molecule has 1 aliphatic rings. The van der Waals surface area contributed by atoms with Crippen LogP contribution in [-0.4, -0.2) is 25.9 Å². The van der Waals surface area contributed by atoms with Gasteiger partial charge in [0.25, 0.3) is 0 Å². The second kappa shape index (κ2) is 2.73. The maximum atomic E-state index is 11.4. The van der Waals surface area contributed by atoms with Gasteiger partial charge in [-0.15, -0.1) is 13.2 Å². The van der Waals surface area contributed by atoms with Crippen molar-refractivity contribution >= 4 is 0 Å². The summed E-state index contributed by atoms with van der Waals surface area (Å²) < 4.78 is 42.0. The summed E-state index contributed by atoms with van der Waals surface area (Å²) in [6, 6.07) is 0. The third-order valence-corrected chi connectivity index (χ3v) is 0.923. The summed E-state index contributed by atoms with van der Waals surface area (Å²) in [5, 5.41) is 2.35. The number of halogens is 3. The maximum Gasteiger partial charge on any atom is 0.525 e. The van der Waals surface area contributed by atoms with Crippen LogP contribution in [0, 0.1) is 0 Å². The van der Waals surface area contributed by atoms with Crippen molar-refractivity contribution in [2.75, 3.05) is 13.2 Å². The molecule has 6 heteroatoms. The van der Waals surface area contributed by atoms with E-state index in [1.807, 2.05) is 0 Å². The second-order valence-corrected chi connectivity index (χ2v) is 1.72. The van der Waals surface area contributed by atoms with Crippen molar-refractivity contribution in [3.63, 3.8) is 0 Å². The molecule has 60 valence electrons. The van der Waals surface area contributed by atoms with Crippen molar-refractivity contribution in [2.24, 2.45) is 0 Å². The van der Waals surface area contributed by atoms with E-state index in [-0.39, 0.29) is 6.61 Å². The Balaban J connectivity index is 2.24. The van der Waals surface area contributed by atoms with Crippen molar-refractivity contribution < 1.29 is 22.6 Å². The lowest BCUT2D eigenvalue weighted by Gasteiger charge is -2.12. The lowest BCUT2D eigenvalue weighted by atomic mass is 10.7. The lowest BCUT2D eigenvalue weighted by Crippen LogP contribution is -2.32. The van der Waals surface area contributed by atoms with Gasteiger partial charge in [-0.05, 0) is 0 Å². The zero-order valence-electron chi connectivity index (χ0n) is 4.94. The van der Waals surface area contributed by atoms with E-state index in [1.54, 1.807) is 0 Å². The Morgan fingerprint density at radius 2 is 2.20 bits per heavy atom. The van der Waals surface area contributed by atoms with Crippen LogP contribution in [0.25, 0.3) is 0 Å². The molecule has 1 atom stereocenters. The minimum absolute atomic E-state index is 0.251. The first-order valence-corrected chi connectivity index (χ1v) is 2.67. The van der Waals surface area contributed by atoms with E-state index in [9.17, 15) is 13.2 Å². The second-order valence-electron chi connectivity index (χ2n) is 1.72. The summed E-state index contributed by atoms with van der Waals surface area (Å²) in [6.07, 6.45) is -5.94. The van der Waals surface area contributed by atoms with Gasteiger partial charge in [0.15, 0.2) is 0 Å². The maximum absolute atomic E-state index is 11.4. The van der Waals surface area contributed by atoms with Gasteiger partial charge in [0.05, 0.1) is 6.61 Å². The first kappa shape index (κ1) is 7.77. The predicted molar refractivity (Wildman–Crippen MR) is 24.9 cm³/mol. The smallest absolute Gasteiger partial charge is 0.338 e. The molecule has 10 heavy (non-hydrogen) atoms. The molecule has 3 nitrogen and oxygen atoms in total. The molecule has 1 aliphatic heterocycles. The normalized spacial score (nSPS) is 27.3. The first-order valence-electron chi connectivity index (χ1n) is 2.67. The Kier molecular flexibility index (Phi) is 2.12. The van der Waals surface area contributed by atoms with Gasteiger partial charge in [0, 0.05) is 6.54 Å². The minimum atomic E-state index is -4.62. The van der Waals surface area contributed by atoms with E-state index < -0.39 is 12.8 Å². The van der Waals surface area contributed by atoms with Gasteiger partial charge in [-0.3, -0.25) is 5.32 Å². The summed E-state index contributed by atoms with van der Waals surface area (Å²) in [5.74, 6) is 0. The average Bonchev–Trinajstić information content (AvgIpc) is 2.12. The zero-order chi connectivity index (χ0) is 7.61. The molecule has 1 N–H and O–H groups in total. The highest BCUT2D eigenvalue weighted by atomic mass is 19.4. The Bertz CT molecular complexity index is 110. The monoisotopic (exact) mass is 157 g/mol. The van der Waals surface area contributed by atoms with Crippen molar-refractivity contribution in [3.05, 3.63) is 0 Å². The Morgan fingerprint density at radius 3 is 2.60 bits per heavy atom. The van der Waals surface area contributed by atoms with Crippen LogP contribution in [0.1, 0.15) is 0 Å². The highest BCUT2D eigenvalue weighted by Gasteiger charge is 2.35. The number of hydrogen-bond acceptors (Lipinski definition) is 3. The van der Waals surface area contributed by atoms with Gasteiger partial charge < -0.3 is 4.74 Å². The number of ether oxygens (including phenoxy) is 2. The lowest BCUT2D eigenvalue weighted by molar-refractivity contribution is -0.376. The van der Waals surface area contributed by atoms with Gasteiger partial charge >= 0.3 is 6.36 Å². The van der Waals surface area contributed by atoms with E-state index in [0.717, 1.165) is 0 Å². The fourth-order valence-electron chi connectivity index (χ4n) is 0.599. The fourth-order valence-corrected chi connectivity index (χ4v) is 0.599. The quantitative estimate of drug-likeness (QED) is 0.598. The predicted octanol–water partition coefficient (Wildman–Crippen LogP) is 0.426. The van der Waals surface area contributed by atoms with Gasteiger partial charge in [0.2, 0.25) is 6.41 Å². The van der Waals surface area contributed by atoms with E-state index in [4.69, 9.17) is 0 Å². The van der Waals surface area contributed by atoms with Gasteiger partial charge in [-0.1, -0.05) is 0 Å². The fraction of sp³-hybridized carbons (Fsp3) is 1.00. The molecule has 1 rings (SSSR count). The number of nitrogens with one attached hydrogen (secondary N) is 1. The summed E-state index contributed by atoms with van der Waals surface area (Å²) in [7, 11) is 0. The number of hydrogen-bond donors (Lipinski definition) is 1. The molecule has 0 aromatic heterocycles. The summed E-state index contributed by atoms with van der Waals surface area (Å²) in [4.78, 5) is 0. The summed E-state index contributed by atoms with van der Waals surface area (Å²) in [6.45, 7) is 0.640. The third kappa shape index (κ3) is 2.51. The zero-order valence-corrected chi connectivity index (χ0v) is 4.94. The van der Waals surface area contributed by atoms with Crippen LogP contribution in [0.4, 0.5) is 13.2 Å². The first-order chi connectivity index (χ1) is 4.58. The molecule has 0 aromatic rings. The Morgan fingerprint density at radius 1 is 1.50 bits per heavy atom. The van der Waals surface area contributed by atoms with Crippen LogP contribution in [0.2, 0.25) is 0 Å². The third-order valence-electron chi connectivity index (χ3n) is 0.923. The highest BCUT2D eigenvalue weighted by molar-refractivity contribution is 4.52. The SMILES string of the molecule is FC(F)(F)OC1NCCO1. The molecule has 1 saturated heterocycles. The average molecular weight is 157 g/mol. The van der Waals surface area contributed by atoms with Crippen LogP contribution in [-0.2, 0) is 9.47 Å². The topological polar surface area (TPSA) is 30.5 Å². The molecule has 0 spiro atoms. The van der Waals surface area contributed by atoms with E-state index in [0.29, 0.717) is 6.54 Å². The van der Waals surface area contributed by atoms with Crippen molar-refractivity contribution in [1.29, 1.82) is 0 Å². The van der Waals surface area contributed by atoms with E-state index in [2.05, 4.69) is 14.8 Å². The van der Waals surface area contributed by atoms with Crippen molar-refractivity contribution in [3.8, 4) is 0 Å². The van der Waals surface area contributed by atoms with Gasteiger partial charge in [0.1, 0.15) is 0 Å². The molecular weight excluding hydrogens is 151 g/mol. The van der Waals surface area contributed by atoms with Crippen LogP contribution >= 0.6 is 0 Å². The van der Waals surface area contributed by atoms with Crippen LogP contribution in [0.15, 0.2) is 0 Å². The minimum Gasteiger partial charge on any atom is -0.338 e. The Hall–Kier alpha value is -0.330. The number of rotatable bonds is 1. The molecular formula is C4H6F3NO2. The molecule has 0 aromatic carbocycles. The molecule has 0 radical (unpaired) electrons. The van der Waals surface area contributed by atoms with Crippen LogP contribution < -0.4 is 5.32 Å². The molecule has 0 aliphatic carbocycles. The standard InChI is InChI=1S/C4H6F3NO2/c5-4(6,7)10-3-8-1-2-9-3/h3,8H,1-2H2. The van der Waals surface area contributed by atoms with Crippen molar-refractivity contribution in [1.82, 2.24) is 5.32 Å². The molecule has 0 bridgehead atoms. The van der Waals surface area contributed by atoms with Crippen LogP contribution in [0.5, 0.6) is 0 Å². The van der Waals surface area contributed by atoms with E-state index in [1.165, 1.54) is 0 Å². The molecule has 1 fully saturated rings. The van der Waals surface area contributed by atoms with Gasteiger partial charge in [-0.25, -0.2) is 4.74 Å². The molecule has 0 saturated carbocycles. The van der Waals surface area contributed by atoms with Gasteiger partial charge in [-0.2, -0.15) is 0 Å². The molecule has 1 heterocycles. The molecule has 1 unspecified atom stereocenters. The highest BCUT2D eigenvalue weighted by Crippen LogP contribution is 2.19. The Labute approximate surface area is 55.1 Å². The number of alkyl halides is 3. The van der Waals surface area contributed by atoms with Crippen LogP contribution in [0.3, 0.4) is 0 Å². The summed E-state index contributed by atoms with van der Waals surface area (Å²) in [5.41, 5.74) is 0. The summed E-state index contributed by atoms with van der Waals surface area (Å²) >= 11 is 0. The van der Waals surface area contributed by atoms with Crippen molar-refractivity contribution in [2.45, 2.75) is 12.8 Å².